The van der Waals surface area contributed by atoms with Crippen molar-refractivity contribution < 1.29 is 14.4 Å². The first-order valence-corrected chi connectivity index (χ1v) is 5.79. The molecule has 3 fully saturated rings. The second-order valence-electron chi connectivity index (χ2n) is 6.06. The van der Waals surface area contributed by atoms with Gasteiger partial charge in [-0.1, -0.05) is 20.8 Å². The lowest BCUT2D eigenvalue weighted by atomic mass is 9.46. The molecule has 3 rings (SSSR count). The van der Waals surface area contributed by atoms with E-state index >= 15 is 0 Å². The molecule has 0 unspecified atom stereocenters. The van der Waals surface area contributed by atoms with Crippen LogP contribution in [0, 0.1) is 22.7 Å². The Balaban J connectivity index is 2.52. The van der Waals surface area contributed by atoms with Crippen LogP contribution >= 0.6 is 0 Å². The topological polar surface area (TPSA) is 51.2 Å². The van der Waals surface area contributed by atoms with Gasteiger partial charge in [0, 0.05) is 29.1 Å². The minimum atomic E-state index is -0.749. The van der Waals surface area contributed by atoms with E-state index in [0.29, 0.717) is 6.42 Å². The maximum Gasteiger partial charge on any atom is 0.146 e. The van der Waals surface area contributed by atoms with Crippen molar-refractivity contribution in [3.63, 3.8) is 0 Å². The number of carbonyl (C=O) groups is 3. The van der Waals surface area contributed by atoms with Crippen LogP contribution < -0.4 is 0 Å². The van der Waals surface area contributed by atoms with Crippen LogP contribution in [0.3, 0.4) is 0 Å². The lowest BCUT2D eigenvalue weighted by Crippen LogP contribution is -2.62. The Bertz CT molecular complexity index is 394. The van der Waals surface area contributed by atoms with Crippen LogP contribution in [-0.4, -0.2) is 17.3 Å². The third-order valence-electron chi connectivity index (χ3n) is 4.64. The van der Waals surface area contributed by atoms with Gasteiger partial charge in [0.15, 0.2) is 0 Å². The average molecular weight is 222 g/mol. The molecule has 0 aromatic heterocycles. The minimum absolute atomic E-state index is 0.0452. The molecular weight excluding hydrogens is 204 g/mol. The predicted octanol–water partition coefficient (Wildman–Crippen LogP) is 1.79. The number of hydrogen-bond donors (Lipinski definition) is 0. The van der Waals surface area contributed by atoms with Gasteiger partial charge in [0.25, 0.3) is 0 Å². The van der Waals surface area contributed by atoms with E-state index in [2.05, 4.69) is 0 Å². The number of fused-ring (bicyclic) bond motifs is 3. The summed E-state index contributed by atoms with van der Waals surface area (Å²) in [4.78, 5) is 35.9. The molecule has 0 radical (unpaired) electrons. The van der Waals surface area contributed by atoms with Crippen LogP contribution in [0.4, 0.5) is 0 Å². The Labute approximate surface area is 95.6 Å². The summed E-state index contributed by atoms with van der Waals surface area (Å²) in [5.41, 5.74) is -1.34. The summed E-state index contributed by atoms with van der Waals surface area (Å²) in [6, 6.07) is 0. The first-order valence-electron chi connectivity index (χ1n) is 5.79. The molecule has 2 bridgehead atoms. The summed E-state index contributed by atoms with van der Waals surface area (Å²) >= 11 is 0. The van der Waals surface area contributed by atoms with E-state index in [0.717, 1.165) is 0 Å². The number of hydrogen-bond acceptors (Lipinski definition) is 3. The quantitative estimate of drug-likeness (QED) is 0.679. The Morgan fingerprint density at radius 1 is 1.25 bits per heavy atom. The third-order valence-corrected chi connectivity index (χ3v) is 4.64. The van der Waals surface area contributed by atoms with Gasteiger partial charge < -0.3 is 0 Å². The molecule has 0 aromatic carbocycles. The first kappa shape index (κ1) is 11.5. The van der Waals surface area contributed by atoms with Crippen molar-refractivity contribution in [2.45, 2.75) is 40.5 Å². The molecule has 88 valence electrons. The number of carbonyl (C=O) groups excluding carboxylic acids is 3. The fraction of sp³-hybridized carbons (Fsp3) is 0.769. The van der Waals surface area contributed by atoms with E-state index in [1.165, 1.54) is 6.92 Å². The zero-order valence-corrected chi connectivity index (χ0v) is 10.3. The maximum atomic E-state index is 12.4. The molecule has 3 saturated carbocycles. The Kier molecular flexibility index (Phi) is 2.17. The van der Waals surface area contributed by atoms with Crippen LogP contribution in [0.5, 0.6) is 0 Å². The monoisotopic (exact) mass is 222 g/mol. The van der Waals surface area contributed by atoms with E-state index in [4.69, 9.17) is 0 Å². The van der Waals surface area contributed by atoms with E-state index < -0.39 is 10.8 Å². The van der Waals surface area contributed by atoms with E-state index in [1.807, 2.05) is 13.8 Å². The van der Waals surface area contributed by atoms with Crippen molar-refractivity contribution in [3.8, 4) is 0 Å². The lowest BCUT2D eigenvalue weighted by Gasteiger charge is -2.54. The maximum absolute atomic E-state index is 12.4. The Hall–Kier alpha value is -0.990. The van der Waals surface area contributed by atoms with Gasteiger partial charge in [0.05, 0.1) is 0 Å². The van der Waals surface area contributed by atoms with E-state index in [-0.39, 0.29) is 35.6 Å². The van der Waals surface area contributed by atoms with E-state index in [9.17, 15) is 14.4 Å². The molecule has 0 N–H and O–H groups in total. The second kappa shape index (κ2) is 3.02. The first-order chi connectivity index (χ1) is 7.21. The van der Waals surface area contributed by atoms with Crippen LogP contribution in [0.25, 0.3) is 0 Å². The van der Waals surface area contributed by atoms with Gasteiger partial charge in [-0.2, -0.15) is 0 Å². The number of ketones is 3. The summed E-state index contributed by atoms with van der Waals surface area (Å²) in [6.07, 6.45) is 0.813. The third kappa shape index (κ3) is 1.17. The van der Waals surface area contributed by atoms with Crippen molar-refractivity contribution in [2.24, 2.45) is 22.7 Å². The molecule has 0 spiro atoms. The molecule has 0 amide bonds. The smallest absolute Gasteiger partial charge is 0.146 e. The summed E-state index contributed by atoms with van der Waals surface area (Å²) in [5, 5.41) is 0. The molecule has 3 heteroatoms. The molecule has 0 saturated heterocycles. The van der Waals surface area contributed by atoms with Crippen LogP contribution in [0.15, 0.2) is 0 Å². The Morgan fingerprint density at radius 2 is 1.81 bits per heavy atom. The van der Waals surface area contributed by atoms with Gasteiger partial charge in [0.1, 0.15) is 17.3 Å². The van der Waals surface area contributed by atoms with Crippen LogP contribution in [0.2, 0.25) is 0 Å². The van der Waals surface area contributed by atoms with Crippen molar-refractivity contribution in [1.82, 2.24) is 0 Å². The van der Waals surface area contributed by atoms with Crippen molar-refractivity contribution in [3.05, 3.63) is 0 Å². The van der Waals surface area contributed by atoms with Gasteiger partial charge in [-0.25, -0.2) is 0 Å². The van der Waals surface area contributed by atoms with Crippen molar-refractivity contribution in [2.75, 3.05) is 0 Å². The largest absolute Gasteiger partial charge is 0.300 e. The minimum Gasteiger partial charge on any atom is -0.300 e. The number of rotatable bonds is 1. The molecule has 16 heavy (non-hydrogen) atoms. The summed E-state index contributed by atoms with van der Waals surface area (Å²) in [6.45, 7) is 7.00. The molecule has 0 aromatic rings. The van der Waals surface area contributed by atoms with Gasteiger partial charge in [-0.15, -0.1) is 0 Å². The van der Waals surface area contributed by atoms with Gasteiger partial charge in [-0.05, 0) is 13.3 Å². The number of Topliss-reactive ketones (excluding diaryl/α,β-unsaturated/α-hetero) is 3. The van der Waals surface area contributed by atoms with Crippen molar-refractivity contribution in [1.29, 1.82) is 0 Å². The highest BCUT2D eigenvalue weighted by molar-refractivity contribution is 6.06. The molecular formula is C13H18O3. The summed E-state index contributed by atoms with van der Waals surface area (Å²) in [5.74, 6) is -0.212. The molecule has 0 heterocycles. The molecule has 3 aliphatic rings. The summed E-state index contributed by atoms with van der Waals surface area (Å²) < 4.78 is 0. The fourth-order valence-electron chi connectivity index (χ4n) is 3.68. The SMILES string of the molecule is CC(=O)[C@H]1C[C@H]2C(=O)C[C@]1(C)C(=O)C2(C)C. The van der Waals surface area contributed by atoms with Crippen LogP contribution in [-0.2, 0) is 14.4 Å². The highest BCUT2D eigenvalue weighted by Gasteiger charge is 2.63. The zero-order chi connectivity index (χ0) is 12.3. The van der Waals surface area contributed by atoms with Gasteiger partial charge in [-0.3, -0.25) is 14.4 Å². The average Bonchev–Trinajstić information content (AvgIpc) is 2.13. The standard InChI is InChI=1S/C13H18O3/c1-7(14)8-5-9-10(15)6-13(8,4)11(16)12(9,2)3/h8-9H,5-6H2,1-4H3/t8-,9+,13+/m1/s1. The summed E-state index contributed by atoms with van der Waals surface area (Å²) in [7, 11) is 0. The molecule has 3 aliphatic carbocycles. The highest BCUT2D eigenvalue weighted by Crippen LogP contribution is 2.57. The van der Waals surface area contributed by atoms with Crippen molar-refractivity contribution >= 4 is 17.3 Å². The van der Waals surface area contributed by atoms with Gasteiger partial charge >= 0.3 is 0 Å². The Morgan fingerprint density at radius 3 is 2.31 bits per heavy atom. The van der Waals surface area contributed by atoms with Crippen LogP contribution in [0.1, 0.15) is 40.5 Å². The zero-order valence-electron chi connectivity index (χ0n) is 10.3. The lowest BCUT2D eigenvalue weighted by molar-refractivity contribution is -0.170. The normalized spacial score (nSPS) is 41.2. The van der Waals surface area contributed by atoms with E-state index in [1.54, 1.807) is 6.92 Å². The second-order valence-corrected chi connectivity index (χ2v) is 6.06. The van der Waals surface area contributed by atoms with Gasteiger partial charge in [0.2, 0.25) is 0 Å². The molecule has 0 aliphatic heterocycles. The molecule has 3 atom stereocenters. The predicted molar refractivity (Wildman–Crippen MR) is 58.8 cm³/mol. The fourth-order valence-corrected chi connectivity index (χ4v) is 3.68. The highest BCUT2D eigenvalue weighted by atomic mass is 16.2. The molecule has 3 nitrogen and oxygen atoms in total.